The minimum Gasteiger partial charge on any atom is -0.325 e. The smallest absolute Gasteiger partial charge is 0.242 e. The predicted molar refractivity (Wildman–Crippen MR) is 100 cm³/mol. The molecule has 0 aliphatic carbocycles. The molecule has 1 N–H and O–H groups in total. The monoisotopic (exact) mass is 398 g/mol. The van der Waals surface area contributed by atoms with Gasteiger partial charge < -0.3 is 5.32 Å². The van der Waals surface area contributed by atoms with Gasteiger partial charge in [0.05, 0.1) is 15.6 Å². The van der Waals surface area contributed by atoms with Crippen LogP contribution in [0.3, 0.4) is 0 Å². The van der Waals surface area contributed by atoms with Gasteiger partial charge in [0.2, 0.25) is 15.9 Å². The van der Waals surface area contributed by atoms with Crippen LogP contribution >= 0.6 is 11.6 Å². The second-order valence-electron chi connectivity index (χ2n) is 5.92. The Kier molecular flexibility index (Phi) is 6.75. The van der Waals surface area contributed by atoms with Crippen LogP contribution in [-0.4, -0.2) is 32.2 Å². The SMILES string of the molecule is Cc1ccc(NC(=O)CCCN(C)S(=O)(=O)c2ccc(F)cc2)c(Cl)c1. The molecule has 0 aliphatic rings. The van der Waals surface area contributed by atoms with Crippen molar-refractivity contribution in [3.8, 4) is 0 Å². The molecule has 26 heavy (non-hydrogen) atoms. The zero-order chi connectivity index (χ0) is 19.3. The molecule has 1 amide bonds. The highest BCUT2D eigenvalue weighted by molar-refractivity contribution is 7.89. The lowest BCUT2D eigenvalue weighted by Crippen LogP contribution is -2.28. The number of nitrogens with one attached hydrogen (secondary N) is 1. The second kappa shape index (κ2) is 8.62. The molecule has 0 fully saturated rings. The number of carbonyl (C=O) groups excluding carboxylic acids is 1. The zero-order valence-corrected chi connectivity index (χ0v) is 16.1. The minimum absolute atomic E-state index is 0.0114. The van der Waals surface area contributed by atoms with Crippen molar-refractivity contribution in [3.63, 3.8) is 0 Å². The summed E-state index contributed by atoms with van der Waals surface area (Å²) in [6, 6.07) is 9.94. The molecule has 0 bridgehead atoms. The maximum atomic E-state index is 12.9. The van der Waals surface area contributed by atoms with E-state index < -0.39 is 15.8 Å². The van der Waals surface area contributed by atoms with Crippen molar-refractivity contribution < 1.29 is 17.6 Å². The molecule has 0 unspecified atom stereocenters. The summed E-state index contributed by atoms with van der Waals surface area (Å²) < 4.78 is 38.8. The molecule has 8 heteroatoms. The normalized spacial score (nSPS) is 11.6. The highest BCUT2D eigenvalue weighted by atomic mass is 35.5. The highest BCUT2D eigenvalue weighted by Gasteiger charge is 2.20. The van der Waals surface area contributed by atoms with Crippen molar-refractivity contribution in [2.24, 2.45) is 0 Å². The van der Waals surface area contributed by atoms with E-state index in [-0.39, 0.29) is 23.8 Å². The van der Waals surface area contributed by atoms with Crippen molar-refractivity contribution >= 4 is 33.2 Å². The Labute approximate surface area is 157 Å². The van der Waals surface area contributed by atoms with E-state index >= 15 is 0 Å². The van der Waals surface area contributed by atoms with E-state index in [1.165, 1.54) is 19.2 Å². The molecular weight excluding hydrogens is 379 g/mol. The Morgan fingerprint density at radius 1 is 1.19 bits per heavy atom. The first-order valence-electron chi connectivity index (χ1n) is 7.98. The quantitative estimate of drug-likeness (QED) is 0.770. The molecule has 5 nitrogen and oxygen atoms in total. The highest BCUT2D eigenvalue weighted by Crippen LogP contribution is 2.23. The largest absolute Gasteiger partial charge is 0.325 e. The number of rotatable bonds is 7. The van der Waals surface area contributed by atoms with Crippen molar-refractivity contribution in [3.05, 3.63) is 58.9 Å². The molecule has 0 radical (unpaired) electrons. The van der Waals surface area contributed by atoms with Gasteiger partial charge in [0.15, 0.2) is 0 Å². The molecule has 0 saturated heterocycles. The third-order valence-corrected chi connectivity index (χ3v) is 5.98. The molecular formula is C18H20ClFN2O3S. The van der Waals surface area contributed by atoms with Crippen LogP contribution in [0.4, 0.5) is 10.1 Å². The maximum Gasteiger partial charge on any atom is 0.242 e. The number of carbonyl (C=O) groups is 1. The summed E-state index contributed by atoms with van der Waals surface area (Å²) in [5.74, 6) is -0.749. The Bertz CT molecular complexity index is 886. The van der Waals surface area contributed by atoms with Crippen LogP contribution in [0.1, 0.15) is 18.4 Å². The van der Waals surface area contributed by atoms with Gasteiger partial charge >= 0.3 is 0 Å². The Hall–Kier alpha value is -1.96. The van der Waals surface area contributed by atoms with Crippen molar-refractivity contribution in [1.29, 1.82) is 0 Å². The molecule has 2 aromatic carbocycles. The number of anilines is 1. The summed E-state index contributed by atoms with van der Waals surface area (Å²) in [6.07, 6.45) is 0.486. The van der Waals surface area contributed by atoms with Crippen molar-refractivity contribution in [2.45, 2.75) is 24.7 Å². The number of hydrogen-bond donors (Lipinski definition) is 1. The predicted octanol–water partition coefficient (Wildman–Crippen LogP) is 3.83. The first-order chi connectivity index (χ1) is 12.2. The number of aryl methyl sites for hydroxylation is 1. The first-order valence-corrected chi connectivity index (χ1v) is 9.80. The Morgan fingerprint density at radius 3 is 2.46 bits per heavy atom. The van der Waals surface area contributed by atoms with Gasteiger partial charge in [-0.1, -0.05) is 17.7 Å². The molecule has 0 aromatic heterocycles. The number of sulfonamides is 1. The number of amides is 1. The van der Waals surface area contributed by atoms with Gasteiger partial charge in [-0.2, -0.15) is 0 Å². The second-order valence-corrected chi connectivity index (χ2v) is 8.37. The van der Waals surface area contributed by atoms with E-state index in [0.717, 1.165) is 22.0 Å². The van der Waals surface area contributed by atoms with E-state index in [1.807, 2.05) is 13.0 Å². The maximum absolute atomic E-state index is 12.9. The van der Waals surface area contributed by atoms with Crippen LogP contribution in [0.15, 0.2) is 47.4 Å². The van der Waals surface area contributed by atoms with E-state index in [1.54, 1.807) is 12.1 Å². The molecule has 2 aromatic rings. The average Bonchev–Trinajstić information content (AvgIpc) is 2.57. The lowest BCUT2D eigenvalue weighted by Gasteiger charge is -2.17. The number of hydrogen-bond acceptors (Lipinski definition) is 3. The third-order valence-electron chi connectivity index (χ3n) is 3.80. The van der Waals surface area contributed by atoms with Crippen LogP contribution in [0.25, 0.3) is 0 Å². The Morgan fingerprint density at radius 2 is 1.85 bits per heavy atom. The van der Waals surface area contributed by atoms with Crippen LogP contribution in [0, 0.1) is 12.7 Å². The molecule has 0 atom stereocenters. The third kappa shape index (κ3) is 5.27. The van der Waals surface area contributed by atoms with E-state index in [2.05, 4.69) is 5.32 Å². The van der Waals surface area contributed by atoms with Crippen molar-refractivity contribution in [1.82, 2.24) is 4.31 Å². The van der Waals surface area contributed by atoms with E-state index in [4.69, 9.17) is 11.6 Å². The summed E-state index contributed by atoms with van der Waals surface area (Å²) in [5.41, 5.74) is 1.51. The number of halogens is 2. The van der Waals surface area contributed by atoms with Gasteiger partial charge in [-0.05, 0) is 55.3 Å². The van der Waals surface area contributed by atoms with Gasteiger partial charge in [0.25, 0.3) is 0 Å². The van der Waals surface area contributed by atoms with Gasteiger partial charge in [0.1, 0.15) is 5.82 Å². The van der Waals surface area contributed by atoms with Gasteiger partial charge in [0, 0.05) is 20.0 Å². The Balaban J connectivity index is 1.88. The van der Waals surface area contributed by atoms with Crippen LogP contribution in [0.2, 0.25) is 5.02 Å². The minimum atomic E-state index is -3.71. The van der Waals surface area contributed by atoms with E-state index in [9.17, 15) is 17.6 Å². The zero-order valence-electron chi connectivity index (χ0n) is 14.5. The van der Waals surface area contributed by atoms with Gasteiger partial charge in [-0.25, -0.2) is 17.1 Å². The summed E-state index contributed by atoms with van der Waals surface area (Å²) >= 11 is 6.07. The van der Waals surface area contributed by atoms with Gasteiger partial charge in [-0.15, -0.1) is 0 Å². The molecule has 0 heterocycles. The van der Waals surface area contributed by atoms with Crippen LogP contribution < -0.4 is 5.32 Å². The molecule has 0 saturated carbocycles. The fourth-order valence-electron chi connectivity index (χ4n) is 2.30. The fraction of sp³-hybridized carbons (Fsp3) is 0.278. The average molecular weight is 399 g/mol. The fourth-order valence-corrected chi connectivity index (χ4v) is 3.79. The van der Waals surface area contributed by atoms with Crippen LogP contribution in [-0.2, 0) is 14.8 Å². The van der Waals surface area contributed by atoms with Crippen molar-refractivity contribution in [2.75, 3.05) is 18.9 Å². The standard InChI is InChI=1S/C18H20ClFN2O3S/c1-13-5-10-17(16(19)12-13)21-18(23)4-3-11-22(2)26(24,25)15-8-6-14(20)7-9-15/h5-10,12H,3-4,11H2,1-2H3,(H,21,23). The molecule has 2 rings (SSSR count). The number of benzene rings is 2. The van der Waals surface area contributed by atoms with Crippen LogP contribution in [0.5, 0.6) is 0 Å². The molecule has 0 aliphatic heterocycles. The summed E-state index contributed by atoms with van der Waals surface area (Å²) in [5, 5.41) is 3.16. The lowest BCUT2D eigenvalue weighted by molar-refractivity contribution is -0.116. The van der Waals surface area contributed by atoms with Gasteiger partial charge in [-0.3, -0.25) is 4.79 Å². The summed E-state index contributed by atoms with van der Waals surface area (Å²) in [4.78, 5) is 12.0. The first kappa shape index (κ1) is 20.4. The lowest BCUT2D eigenvalue weighted by atomic mass is 10.2. The summed E-state index contributed by atoms with van der Waals surface area (Å²) in [6.45, 7) is 2.06. The molecule has 0 spiro atoms. The topological polar surface area (TPSA) is 66.5 Å². The number of nitrogens with zero attached hydrogens (tertiary/aromatic N) is 1. The van der Waals surface area contributed by atoms with E-state index in [0.29, 0.717) is 17.1 Å². The molecule has 140 valence electrons. The summed E-state index contributed by atoms with van der Waals surface area (Å²) in [7, 11) is -2.29.